The van der Waals surface area contributed by atoms with Crippen molar-refractivity contribution >= 4 is 0 Å². The van der Waals surface area contributed by atoms with Gasteiger partial charge < -0.3 is 5.32 Å². The van der Waals surface area contributed by atoms with E-state index in [-0.39, 0.29) is 0 Å². The van der Waals surface area contributed by atoms with Gasteiger partial charge in [-0.1, -0.05) is 38.1 Å². The van der Waals surface area contributed by atoms with E-state index < -0.39 is 0 Å². The quantitative estimate of drug-likeness (QED) is 0.886. The van der Waals surface area contributed by atoms with Gasteiger partial charge in [0.1, 0.15) is 0 Å². The molecule has 1 heterocycles. The number of hydrogen-bond donors (Lipinski definition) is 1. The number of hydrogen-bond acceptors (Lipinski definition) is 2. The minimum Gasteiger partial charge on any atom is -0.316 e. The average Bonchev–Trinajstić information content (AvgIpc) is 2.42. The lowest BCUT2D eigenvalue weighted by atomic mass is 9.77. The zero-order chi connectivity index (χ0) is 13.9. The third-order valence-corrected chi connectivity index (χ3v) is 4.97. The van der Waals surface area contributed by atoms with Crippen molar-refractivity contribution in [2.24, 2.45) is 11.8 Å². The molecular weight excluding hydrogens is 244 g/mol. The Labute approximate surface area is 123 Å². The molecule has 2 heteroatoms. The third-order valence-electron chi connectivity index (χ3n) is 4.97. The van der Waals surface area contributed by atoms with Crippen LogP contribution >= 0.6 is 0 Å². The minimum absolute atomic E-state index is 0.760. The predicted molar refractivity (Wildman–Crippen MR) is 84.8 cm³/mol. The Hall–Kier alpha value is -0.860. The second kappa shape index (κ2) is 6.28. The number of rotatable bonds is 5. The van der Waals surface area contributed by atoms with Crippen molar-refractivity contribution < 1.29 is 0 Å². The van der Waals surface area contributed by atoms with Crippen LogP contribution in [0.15, 0.2) is 24.3 Å². The summed E-state index contributed by atoms with van der Waals surface area (Å²) in [7, 11) is 0. The summed E-state index contributed by atoms with van der Waals surface area (Å²) >= 11 is 0. The van der Waals surface area contributed by atoms with Gasteiger partial charge in [-0.3, -0.25) is 4.90 Å². The summed E-state index contributed by atoms with van der Waals surface area (Å²) in [6.45, 7) is 9.36. The highest BCUT2D eigenvalue weighted by Crippen LogP contribution is 2.34. The molecule has 0 saturated heterocycles. The van der Waals surface area contributed by atoms with Crippen molar-refractivity contribution in [1.82, 2.24) is 10.2 Å². The van der Waals surface area contributed by atoms with Crippen molar-refractivity contribution in [3.63, 3.8) is 0 Å². The Balaban J connectivity index is 1.53. The minimum atomic E-state index is 0.760. The van der Waals surface area contributed by atoms with E-state index in [0.717, 1.165) is 24.4 Å². The van der Waals surface area contributed by atoms with Gasteiger partial charge in [-0.05, 0) is 55.3 Å². The van der Waals surface area contributed by atoms with Crippen LogP contribution in [0.1, 0.15) is 37.8 Å². The summed E-state index contributed by atoms with van der Waals surface area (Å²) in [5.74, 6) is 1.63. The topological polar surface area (TPSA) is 15.3 Å². The number of nitrogens with one attached hydrogen (secondary N) is 1. The van der Waals surface area contributed by atoms with E-state index >= 15 is 0 Å². The molecule has 1 aliphatic carbocycles. The fraction of sp³-hybridized carbons (Fsp3) is 0.667. The van der Waals surface area contributed by atoms with E-state index in [4.69, 9.17) is 0 Å². The Morgan fingerprint density at radius 3 is 2.70 bits per heavy atom. The highest BCUT2D eigenvalue weighted by molar-refractivity contribution is 5.29. The molecule has 2 aliphatic rings. The molecule has 3 rings (SSSR count). The molecular formula is C18H28N2. The molecule has 20 heavy (non-hydrogen) atoms. The summed E-state index contributed by atoms with van der Waals surface area (Å²) in [5, 5.41) is 3.65. The van der Waals surface area contributed by atoms with E-state index in [1.807, 2.05) is 0 Å². The SMILES string of the molecule is CC(C)CNCC1CCC1N1CCc2ccccc2C1. The van der Waals surface area contributed by atoms with Crippen LogP contribution < -0.4 is 5.32 Å². The van der Waals surface area contributed by atoms with Crippen LogP contribution in [0.25, 0.3) is 0 Å². The zero-order valence-corrected chi connectivity index (χ0v) is 12.9. The molecule has 1 N–H and O–H groups in total. The van der Waals surface area contributed by atoms with Gasteiger partial charge in [0.15, 0.2) is 0 Å². The highest BCUT2D eigenvalue weighted by Gasteiger charge is 2.36. The van der Waals surface area contributed by atoms with Gasteiger partial charge in [-0.15, -0.1) is 0 Å². The first-order valence-electron chi connectivity index (χ1n) is 8.25. The fourth-order valence-electron chi connectivity index (χ4n) is 3.63. The predicted octanol–water partition coefficient (Wildman–Crippen LogP) is 3.07. The smallest absolute Gasteiger partial charge is 0.0239 e. The molecule has 1 aromatic rings. The molecule has 0 aromatic heterocycles. The lowest BCUT2D eigenvalue weighted by molar-refractivity contribution is 0.0508. The van der Waals surface area contributed by atoms with Crippen LogP contribution in [0, 0.1) is 11.8 Å². The fourth-order valence-corrected chi connectivity index (χ4v) is 3.63. The normalized spacial score (nSPS) is 26.4. The van der Waals surface area contributed by atoms with E-state index in [1.165, 1.54) is 38.9 Å². The summed E-state index contributed by atoms with van der Waals surface area (Å²) in [4.78, 5) is 2.73. The first-order chi connectivity index (χ1) is 9.74. The van der Waals surface area contributed by atoms with Gasteiger partial charge in [0, 0.05) is 19.1 Å². The second-order valence-corrected chi connectivity index (χ2v) is 6.95. The molecule has 1 aliphatic heterocycles. The van der Waals surface area contributed by atoms with Gasteiger partial charge >= 0.3 is 0 Å². The van der Waals surface area contributed by atoms with Crippen molar-refractivity contribution in [2.75, 3.05) is 19.6 Å². The summed E-state index contributed by atoms with van der Waals surface area (Å²) in [6.07, 6.45) is 4.04. The largest absolute Gasteiger partial charge is 0.316 e. The monoisotopic (exact) mass is 272 g/mol. The summed E-state index contributed by atoms with van der Waals surface area (Å²) in [5.41, 5.74) is 3.12. The van der Waals surface area contributed by atoms with Crippen molar-refractivity contribution in [3.05, 3.63) is 35.4 Å². The number of fused-ring (bicyclic) bond motifs is 1. The molecule has 1 fully saturated rings. The molecule has 2 atom stereocenters. The van der Waals surface area contributed by atoms with Gasteiger partial charge in [0.2, 0.25) is 0 Å². The lowest BCUT2D eigenvalue weighted by Gasteiger charge is -2.46. The van der Waals surface area contributed by atoms with E-state index in [9.17, 15) is 0 Å². The second-order valence-electron chi connectivity index (χ2n) is 6.95. The first kappa shape index (κ1) is 14.1. The molecule has 1 aromatic carbocycles. The standard InChI is InChI=1S/C18H28N2/c1-14(2)11-19-12-16-7-8-18(16)20-10-9-15-5-3-4-6-17(15)13-20/h3-6,14,16,18-19H,7-13H2,1-2H3. The van der Waals surface area contributed by atoms with Crippen molar-refractivity contribution in [1.29, 1.82) is 0 Å². The maximum atomic E-state index is 3.65. The van der Waals surface area contributed by atoms with Crippen LogP contribution in [0.4, 0.5) is 0 Å². The van der Waals surface area contributed by atoms with Crippen molar-refractivity contribution in [2.45, 2.75) is 45.7 Å². The van der Waals surface area contributed by atoms with E-state index in [0.29, 0.717) is 0 Å². The van der Waals surface area contributed by atoms with Gasteiger partial charge in [-0.25, -0.2) is 0 Å². The molecule has 2 unspecified atom stereocenters. The van der Waals surface area contributed by atoms with Gasteiger partial charge in [-0.2, -0.15) is 0 Å². The van der Waals surface area contributed by atoms with Crippen LogP contribution in [0.5, 0.6) is 0 Å². The zero-order valence-electron chi connectivity index (χ0n) is 12.9. The number of benzene rings is 1. The molecule has 0 bridgehead atoms. The van der Waals surface area contributed by atoms with E-state index in [2.05, 4.69) is 48.3 Å². The Bertz CT molecular complexity index is 441. The van der Waals surface area contributed by atoms with Crippen LogP contribution in [0.2, 0.25) is 0 Å². The average molecular weight is 272 g/mol. The molecule has 0 radical (unpaired) electrons. The third kappa shape index (κ3) is 3.07. The maximum absolute atomic E-state index is 3.65. The van der Waals surface area contributed by atoms with Crippen molar-refractivity contribution in [3.8, 4) is 0 Å². The Morgan fingerprint density at radius 1 is 1.20 bits per heavy atom. The Kier molecular flexibility index (Phi) is 4.42. The van der Waals surface area contributed by atoms with Crippen LogP contribution in [0.3, 0.4) is 0 Å². The molecule has 110 valence electrons. The highest BCUT2D eigenvalue weighted by atomic mass is 15.2. The molecule has 2 nitrogen and oxygen atoms in total. The number of nitrogens with zero attached hydrogens (tertiary/aromatic N) is 1. The van der Waals surface area contributed by atoms with Gasteiger partial charge in [0.25, 0.3) is 0 Å². The molecule has 0 spiro atoms. The Morgan fingerprint density at radius 2 is 2.00 bits per heavy atom. The van der Waals surface area contributed by atoms with Crippen LogP contribution in [-0.4, -0.2) is 30.6 Å². The van der Waals surface area contributed by atoms with Gasteiger partial charge in [0.05, 0.1) is 0 Å². The maximum Gasteiger partial charge on any atom is 0.0239 e. The summed E-state index contributed by atoms with van der Waals surface area (Å²) < 4.78 is 0. The first-order valence-corrected chi connectivity index (χ1v) is 8.25. The van der Waals surface area contributed by atoms with E-state index in [1.54, 1.807) is 11.1 Å². The molecule has 1 saturated carbocycles. The molecule has 0 amide bonds. The van der Waals surface area contributed by atoms with Crippen LogP contribution in [-0.2, 0) is 13.0 Å². The summed E-state index contributed by atoms with van der Waals surface area (Å²) in [6, 6.07) is 9.80. The lowest BCUT2D eigenvalue weighted by Crippen LogP contribution is -2.52.